The second-order valence-electron chi connectivity index (χ2n) is 5.86. The van der Waals surface area contributed by atoms with Crippen LogP contribution in [0.2, 0.25) is 10.0 Å². The van der Waals surface area contributed by atoms with Gasteiger partial charge in [0.15, 0.2) is 5.69 Å². The van der Waals surface area contributed by atoms with Gasteiger partial charge in [0.05, 0.1) is 15.5 Å². The molecule has 1 amide bonds. The zero-order valence-electron chi connectivity index (χ0n) is 13.3. The monoisotopic (exact) mass is 419 g/mol. The molecule has 0 spiro atoms. The number of hydrogen-bond acceptors (Lipinski definition) is 5. The van der Waals surface area contributed by atoms with Gasteiger partial charge in [-0.2, -0.15) is 10.4 Å². The van der Waals surface area contributed by atoms with Crippen molar-refractivity contribution >= 4 is 34.9 Å². The van der Waals surface area contributed by atoms with Crippen molar-refractivity contribution in [1.29, 1.82) is 5.26 Å². The zero-order valence-corrected chi connectivity index (χ0v) is 14.8. The van der Waals surface area contributed by atoms with Gasteiger partial charge in [-0.05, 0) is 12.8 Å². The largest absolute Gasteiger partial charge is 0.573 e. The van der Waals surface area contributed by atoms with Crippen LogP contribution in [0.25, 0.3) is 5.69 Å². The average Bonchev–Trinajstić information content (AvgIpc) is 3.25. The predicted octanol–water partition coefficient (Wildman–Crippen LogP) is 3.05. The third kappa shape index (κ3) is 3.24. The summed E-state index contributed by atoms with van der Waals surface area (Å²) in [5.41, 5.74) is 10.3. The molecule has 1 aromatic heterocycles. The molecule has 4 N–H and O–H groups in total. The summed E-state index contributed by atoms with van der Waals surface area (Å²) in [7, 11) is 0. The molecule has 1 fully saturated rings. The maximum Gasteiger partial charge on any atom is 0.573 e. The van der Waals surface area contributed by atoms with E-state index in [1.165, 1.54) is 0 Å². The lowest BCUT2D eigenvalue weighted by Crippen LogP contribution is -2.29. The van der Waals surface area contributed by atoms with E-state index in [4.69, 9.17) is 34.7 Å². The number of nitriles is 1. The average molecular weight is 420 g/mol. The second-order valence-corrected chi connectivity index (χ2v) is 6.68. The number of halogens is 5. The summed E-state index contributed by atoms with van der Waals surface area (Å²) in [6, 6.07) is 3.59. The van der Waals surface area contributed by atoms with Gasteiger partial charge >= 0.3 is 6.36 Å². The molecule has 12 heteroatoms. The van der Waals surface area contributed by atoms with Gasteiger partial charge in [0.1, 0.15) is 23.3 Å². The standard InChI is InChI=1S/C15H10Cl2F3N5O2/c16-7-3-6(27-15(18,19)20)4-8(17)11(7)25-12(22)10(9(5-21)24-25)14(1-2-14)13(23)26/h3-4H,1-2,22H2,(H2,23,26). The SMILES string of the molecule is N#Cc1nn(-c2c(Cl)cc(OC(F)(F)F)cc2Cl)c(N)c1C1(C(N)=O)CC1. The third-order valence-corrected chi connectivity index (χ3v) is 4.74. The molecule has 2 aromatic rings. The van der Waals surface area contributed by atoms with Crippen molar-refractivity contribution in [1.82, 2.24) is 9.78 Å². The highest BCUT2D eigenvalue weighted by Crippen LogP contribution is 2.52. The molecule has 0 unspecified atom stereocenters. The lowest BCUT2D eigenvalue weighted by molar-refractivity contribution is -0.274. The van der Waals surface area contributed by atoms with E-state index < -0.39 is 23.4 Å². The van der Waals surface area contributed by atoms with E-state index in [0.717, 1.165) is 16.8 Å². The van der Waals surface area contributed by atoms with Crippen LogP contribution in [0, 0.1) is 11.3 Å². The van der Waals surface area contributed by atoms with Crippen LogP contribution in [-0.4, -0.2) is 22.1 Å². The first-order chi connectivity index (χ1) is 12.5. The number of nitrogen functional groups attached to an aromatic ring is 1. The van der Waals surface area contributed by atoms with Gasteiger partial charge in [0, 0.05) is 17.7 Å². The van der Waals surface area contributed by atoms with Crippen LogP contribution < -0.4 is 16.2 Å². The molecule has 0 radical (unpaired) electrons. The Morgan fingerprint density at radius 2 is 1.89 bits per heavy atom. The fourth-order valence-corrected chi connectivity index (χ4v) is 3.46. The summed E-state index contributed by atoms with van der Waals surface area (Å²) in [5.74, 6) is -1.39. The van der Waals surface area contributed by atoms with Crippen molar-refractivity contribution in [2.24, 2.45) is 5.73 Å². The molecule has 7 nitrogen and oxygen atoms in total. The van der Waals surface area contributed by atoms with Gasteiger partial charge < -0.3 is 16.2 Å². The maximum absolute atomic E-state index is 12.4. The number of nitrogens with two attached hydrogens (primary N) is 2. The Balaban J connectivity index is 2.15. The van der Waals surface area contributed by atoms with Crippen LogP contribution in [0.1, 0.15) is 24.1 Å². The highest BCUT2D eigenvalue weighted by molar-refractivity contribution is 6.38. The van der Waals surface area contributed by atoms with E-state index in [-0.39, 0.29) is 32.8 Å². The molecule has 142 valence electrons. The third-order valence-electron chi connectivity index (χ3n) is 4.16. The fraction of sp³-hybridized carbons (Fsp3) is 0.267. The normalized spacial score (nSPS) is 15.3. The Labute approximate surface area is 160 Å². The number of aromatic nitrogens is 2. The fourth-order valence-electron chi connectivity index (χ4n) is 2.83. The van der Waals surface area contributed by atoms with Gasteiger partial charge in [0.25, 0.3) is 0 Å². The molecular formula is C15H10Cl2F3N5O2. The summed E-state index contributed by atoms with van der Waals surface area (Å²) < 4.78 is 41.9. The van der Waals surface area contributed by atoms with Crippen LogP contribution in [-0.2, 0) is 10.2 Å². The summed E-state index contributed by atoms with van der Waals surface area (Å²) in [6.07, 6.45) is -4.14. The van der Waals surface area contributed by atoms with Gasteiger partial charge in [-0.3, -0.25) is 4.79 Å². The number of amides is 1. The van der Waals surface area contributed by atoms with E-state index >= 15 is 0 Å². The Morgan fingerprint density at radius 3 is 2.30 bits per heavy atom. The first-order valence-corrected chi connectivity index (χ1v) is 8.10. The minimum Gasteiger partial charge on any atom is -0.406 e. The Bertz CT molecular complexity index is 970. The highest BCUT2D eigenvalue weighted by Gasteiger charge is 2.54. The molecule has 0 saturated heterocycles. The first-order valence-electron chi connectivity index (χ1n) is 7.34. The molecular weight excluding hydrogens is 410 g/mol. The smallest absolute Gasteiger partial charge is 0.406 e. The van der Waals surface area contributed by atoms with E-state index in [0.29, 0.717) is 12.8 Å². The number of carbonyl (C=O) groups excluding carboxylic acids is 1. The molecule has 1 heterocycles. The summed E-state index contributed by atoms with van der Waals surface area (Å²) in [5, 5.41) is 12.8. The number of anilines is 1. The Kier molecular flexibility index (Phi) is 4.40. The van der Waals surface area contributed by atoms with Crippen molar-refractivity contribution in [3.8, 4) is 17.5 Å². The molecule has 1 aliphatic carbocycles. The predicted molar refractivity (Wildman–Crippen MR) is 89.5 cm³/mol. The zero-order chi connectivity index (χ0) is 20.1. The van der Waals surface area contributed by atoms with Crippen LogP contribution >= 0.6 is 23.2 Å². The van der Waals surface area contributed by atoms with Gasteiger partial charge in [-0.1, -0.05) is 23.2 Å². The Hall–Kier alpha value is -2.64. The van der Waals surface area contributed by atoms with Crippen LogP contribution in [0.4, 0.5) is 19.0 Å². The van der Waals surface area contributed by atoms with E-state index in [2.05, 4.69) is 9.84 Å². The van der Waals surface area contributed by atoms with Gasteiger partial charge in [-0.15, -0.1) is 13.2 Å². The van der Waals surface area contributed by atoms with Crippen molar-refractivity contribution in [2.75, 3.05) is 5.73 Å². The van der Waals surface area contributed by atoms with Crippen molar-refractivity contribution in [3.63, 3.8) is 0 Å². The minimum absolute atomic E-state index is 0.0617. The summed E-state index contributed by atoms with van der Waals surface area (Å²) >= 11 is 12.1. The van der Waals surface area contributed by atoms with E-state index in [1.54, 1.807) is 0 Å². The van der Waals surface area contributed by atoms with Crippen molar-refractivity contribution in [3.05, 3.63) is 33.4 Å². The van der Waals surface area contributed by atoms with Crippen molar-refractivity contribution < 1.29 is 22.7 Å². The number of carbonyl (C=O) groups is 1. The summed E-state index contributed by atoms with van der Waals surface area (Å²) in [4.78, 5) is 11.8. The van der Waals surface area contributed by atoms with Crippen LogP contribution in [0.3, 0.4) is 0 Å². The van der Waals surface area contributed by atoms with Gasteiger partial charge in [0.2, 0.25) is 5.91 Å². The second kappa shape index (κ2) is 6.21. The molecule has 27 heavy (non-hydrogen) atoms. The van der Waals surface area contributed by atoms with E-state index in [1.807, 2.05) is 6.07 Å². The number of benzene rings is 1. The van der Waals surface area contributed by atoms with Crippen LogP contribution in [0.15, 0.2) is 12.1 Å². The Morgan fingerprint density at radius 1 is 1.33 bits per heavy atom. The highest BCUT2D eigenvalue weighted by atomic mass is 35.5. The van der Waals surface area contributed by atoms with Crippen molar-refractivity contribution in [2.45, 2.75) is 24.6 Å². The number of ether oxygens (including phenoxy) is 1. The van der Waals surface area contributed by atoms with E-state index in [9.17, 15) is 23.2 Å². The number of nitrogens with zero attached hydrogens (tertiary/aromatic N) is 3. The number of hydrogen-bond donors (Lipinski definition) is 2. The lowest BCUT2D eigenvalue weighted by Gasteiger charge is -2.14. The first kappa shape index (κ1) is 19.1. The van der Waals surface area contributed by atoms with Crippen LogP contribution in [0.5, 0.6) is 5.75 Å². The summed E-state index contributed by atoms with van der Waals surface area (Å²) in [6.45, 7) is 0. The number of rotatable bonds is 4. The minimum atomic E-state index is -4.93. The molecule has 0 atom stereocenters. The molecule has 1 aromatic carbocycles. The topological polar surface area (TPSA) is 120 Å². The lowest BCUT2D eigenvalue weighted by atomic mass is 9.95. The number of alkyl halides is 3. The number of primary amides is 1. The molecule has 1 saturated carbocycles. The molecule has 3 rings (SSSR count). The molecule has 0 bridgehead atoms. The molecule has 1 aliphatic rings. The maximum atomic E-state index is 12.4. The quantitative estimate of drug-likeness (QED) is 0.788. The van der Waals surface area contributed by atoms with Gasteiger partial charge in [-0.25, -0.2) is 4.68 Å². The molecule has 0 aliphatic heterocycles.